The molecule has 11 heteroatoms. The van der Waals surface area contributed by atoms with Gasteiger partial charge in [-0.25, -0.2) is 4.99 Å². The van der Waals surface area contributed by atoms with E-state index in [1.54, 1.807) is 44.9 Å². The van der Waals surface area contributed by atoms with Crippen LogP contribution in [-0.4, -0.2) is 67.1 Å². The molecule has 38 heavy (non-hydrogen) atoms. The lowest BCUT2D eigenvalue weighted by Crippen LogP contribution is -2.59. The van der Waals surface area contributed by atoms with Gasteiger partial charge in [-0.05, 0) is 64.5 Å². The van der Waals surface area contributed by atoms with Crippen LogP contribution in [0, 0.1) is 0 Å². The highest BCUT2D eigenvalue weighted by atomic mass is 16.5. The Hall–Kier alpha value is -3.44. The highest BCUT2D eigenvalue weighted by Crippen LogP contribution is 2.35. The van der Waals surface area contributed by atoms with Crippen molar-refractivity contribution < 1.29 is 14.3 Å². The molecular weight excluding hydrogens is 486 g/mol. The minimum absolute atomic E-state index is 0.0908. The third kappa shape index (κ3) is 5.39. The Labute approximate surface area is 223 Å². The molecule has 1 aliphatic heterocycles. The third-order valence-electron chi connectivity index (χ3n) is 8.05. The molecule has 3 aliphatic rings. The number of hydrogen-bond acceptors (Lipinski definition) is 9. The minimum atomic E-state index is -0.383. The van der Waals surface area contributed by atoms with Crippen LogP contribution in [0.15, 0.2) is 56.5 Å². The number of hydrazone groups is 1. The number of amidine groups is 1. The van der Waals surface area contributed by atoms with Crippen molar-refractivity contribution in [1.29, 1.82) is 0 Å². The first-order valence-corrected chi connectivity index (χ1v) is 13.1. The molecule has 2 aliphatic carbocycles. The first kappa shape index (κ1) is 27.6. The molecule has 0 aromatic carbocycles. The number of aromatic nitrogens is 1. The zero-order valence-electron chi connectivity index (χ0n) is 22.9. The predicted octanol–water partition coefficient (Wildman–Crippen LogP) is 2.70. The van der Waals surface area contributed by atoms with Crippen molar-refractivity contribution in [2.24, 2.45) is 10.1 Å². The second-order valence-corrected chi connectivity index (χ2v) is 10.2. The highest BCUT2D eigenvalue weighted by molar-refractivity contribution is 6.06. The number of amides is 1. The van der Waals surface area contributed by atoms with E-state index in [4.69, 9.17) is 9.47 Å². The van der Waals surface area contributed by atoms with Crippen molar-refractivity contribution in [3.63, 3.8) is 0 Å². The van der Waals surface area contributed by atoms with Crippen LogP contribution >= 0.6 is 0 Å². The number of carbonyl (C=O) groups excluding carboxylic acids is 1. The molecule has 1 unspecified atom stereocenters. The van der Waals surface area contributed by atoms with Crippen LogP contribution in [0.5, 0.6) is 0 Å². The summed E-state index contributed by atoms with van der Waals surface area (Å²) in [5.74, 6) is 0.995. The van der Waals surface area contributed by atoms with Crippen molar-refractivity contribution in [2.75, 3.05) is 26.6 Å². The van der Waals surface area contributed by atoms with Crippen molar-refractivity contribution in [3.8, 4) is 0 Å². The Bertz CT molecular complexity index is 1210. The van der Waals surface area contributed by atoms with Crippen LogP contribution in [-0.2, 0) is 14.3 Å². The Morgan fingerprint density at radius 2 is 1.97 bits per heavy atom. The summed E-state index contributed by atoms with van der Waals surface area (Å²) in [6, 6.07) is 3.63. The van der Waals surface area contributed by atoms with Gasteiger partial charge >= 0.3 is 0 Å². The summed E-state index contributed by atoms with van der Waals surface area (Å²) in [4.78, 5) is 31.2. The van der Waals surface area contributed by atoms with E-state index in [-0.39, 0.29) is 35.3 Å². The monoisotopic (exact) mass is 525 g/mol. The van der Waals surface area contributed by atoms with Gasteiger partial charge in [0.15, 0.2) is 5.82 Å². The molecule has 2 heterocycles. The fraction of sp³-hybridized carbons (Fsp3) is 0.556. The molecule has 3 N–H and O–H groups in total. The zero-order chi connectivity index (χ0) is 27.4. The minimum Gasteiger partial charge on any atom is -0.381 e. The van der Waals surface area contributed by atoms with Gasteiger partial charge in [-0.15, -0.1) is 0 Å². The largest absolute Gasteiger partial charge is 0.381 e. The van der Waals surface area contributed by atoms with E-state index >= 15 is 0 Å². The molecule has 0 saturated heterocycles. The lowest BCUT2D eigenvalue weighted by molar-refractivity contribution is -0.127. The molecule has 0 bridgehead atoms. The van der Waals surface area contributed by atoms with Crippen molar-refractivity contribution in [1.82, 2.24) is 20.2 Å². The number of nitrogens with zero attached hydrogens (tertiary/aromatic N) is 4. The molecule has 11 nitrogen and oxygen atoms in total. The van der Waals surface area contributed by atoms with Gasteiger partial charge < -0.3 is 30.0 Å². The van der Waals surface area contributed by atoms with Crippen LogP contribution in [0.25, 0.3) is 0 Å². The summed E-state index contributed by atoms with van der Waals surface area (Å²) >= 11 is 0. The van der Waals surface area contributed by atoms with Crippen LogP contribution in [0.4, 0.5) is 5.69 Å². The maximum atomic E-state index is 13.4. The molecule has 1 amide bonds. The van der Waals surface area contributed by atoms with Crippen LogP contribution in [0.3, 0.4) is 0 Å². The number of pyridine rings is 1. The number of aliphatic imine (C=N–C) groups is 1. The first-order chi connectivity index (χ1) is 18.2. The summed E-state index contributed by atoms with van der Waals surface area (Å²) in [7, 11) is 5.13. The molecule has 0 spiro atoms. The van der Waals surface area contributed by atoms with E-state index in [0.29, 0.717) is 28.7 Å². The van der Waals surface area contributed by atoms with Gasteiger partial charge in [-0.2, -0.15) is 10.1 Å². The molecule has 4 rings (SSSR count). The van der Waals surface area contributed by atoms with E-state index in [1.807, 2.05) is 19.2 Å². The smallest absolute Gasteiger partial charge is 0.274 e. The van der Waals surface area contributed by atoms with Gasteiger partial charge in [0, 0.05) is 46.3 Å². The number of rotatable bonds is 8. The summed E-state index contributed by atoms with van der Waals surface area (Å²) < 4.78 is 12.9. The SMILES string of the molecule is C=NN1C(NC)=CC(Nc2cccn([C@H]3CC[C@H](OC)CC3)c2=O)=N/C1=C(/C)C(=O)NC1CC[C@]1(C)OC. The van der Waals surface area contributed by atoms with E-state index in [1.165, 1.54) is 5.01 Å². The van der Waals surface area contributed by atoms with Gasteiger partial charge in [0.2, 0.25) is 0 Å². The topological polar surface area (TPSA) is 122 Å². The molecule has 2 atom stereocenters. The number of hydrogen-bond donors (Lipinski definition) is 3. The van der Waals surface area contributed by atoms with Crippen LogP contribution in [0.2, 0.25) is 0 Å². The Morgan fingerprint density at radius 1 is 1.24 bits per heavy atom. The van der Waals surface area contributed by atoms with Crippen molar-refractivity contribution in [3.05, 3.63) is 52.0 Å². The highest BCUT2D eigenvalue weighted by Gasteiger charge is 2.44. The molecule has 1 aromatic heterocycles. The van der Waals surface area contributed by atoms with Crippen molar-refractivity contribution in [2.45, 2.75) is 76.2 Å². The third-order valence-corrected chi connectivity index (χ3v) is 8.05. The summed E-state index contributed by atoms with van der Waals surface area (Å²) in [5, 5.41) is 14.8. The maximum absolute atomic E-state index is 13.4. The zero-order valence-corrected chi connectivity index (χ0v) is 22.9. The number of ether oxygens (including phenoxy) is 2. The summed E-state index contributed by atoms with van der Waals surface area (Å²) in [6.07, 6.45) is 9.15. The predicted molar refractivity (Wildman–Crippen MR) is 148 cm³/mol. The quantitative estimate of drug-likeness (QED) is 0.352. The second kappa shape index (κ2) is 11.5. The van der Waals surface area contributed by atoms with E-state index in [0.717, 1.165) is 38.5 Å². The van der Waals surface area contributed by atoms with Gasteiger partial charge in [0.25, 0.3) is 11.5 Å². The maximum Gasteiger partial charge on any atom is 0.274 e. The van der Waals surface area contributed by atoms with E-state index in [9.17, 15) is 9.59 Å². The van der Waals surface area contributed by atoms with E-state index in [2.05, 4.69) is 32.8 Å². The fourth-order valence-electron chi connectivity index (χ4n) is 5.25. The average molecular weight is 526 g/mol. The number of carbonyl (C=O) groups is 1. The Kier molecular flexibility index (Phi) is 8.37. The van der Waals surface area contributed by atoms with Crippen molar-refractivity contribution >= 4 is 24.1 Å². The van der Waals surface area contributed by atoms with Gasteiger partial charge in [0.1, 0.15) is 17.3 Å². The van der Waals surface area contributed by atoms with Gasteiger partial charge in [-0.1, -0.05) is 0 Å². The van der Waals surface area contributed by atoms with E-state index < -0.39 is 0 Å². The van der Waals surface area contributed by atoms with Crippen LogP contribution < -0.4 is 21.5 Å². The van der Waals surface area contributed by atoms with Gasteiger partial charge in [0.05, 0.1) is 23.3 Å². The lowest BCUT2D eigenvalue weighted by atomic mass is 9.76. The average Bonchev–Trinajstić information content (AvgIpc) is 2.94. The first-order valence-electron chi connectivity index (χ1n) is 13.1. The summed E-state index contributed by atoms with van der Waals surface area (Å²) in [5.41, 5.74) is 0.261. The normalized spacial score (nSPS) is 28.4. The number of methoxy groups -OCH3 is 2. The standard InChI is InChI=1S/C27H39N7O4/c1-17(25(35)31-21-13-14-27(21,2)38-6)24-32-22(16-23(28-3)34(24)29-4)30-20-8-7-15-33(26(20)36)18-9-11-19(37-5)12-10-18/h7-8,15-16,18-19,21,28H,4,9-14H2,1-3,5-6H3,(H,30,32)(H,31,35)/b24-17+/t18-,19-,21?,27-/m0/s1. The summed E-state index contributed by atoms with van der Waals surface area (Å²) in [6.45, 7) is 7.33. The number of anilines is 1. The molecule has 1 aromatic rings. The molecular formula is C27H39N7O4. The lowest BCUT2D eigenvalue weighted by Gasteiger charge is -2.46. The molecule has 206 valence electrons. The fourth-order valence-corrected chi connectivity index (χ4v) is 5.25. The van der Waals surface area contributed by atoms with Gasteiger partial charge in [-0.3, -0.25) is 9.59 Å². The Balaban J connectivity index is 1.60. The Morgan fingerprint density at radius 3 is 2.55 bits per heavy atom. The molecule has 2 saturated carbocycles. The molecule has 2 fully saturated rings. The number of nitrogens with one attached hydrogen (secondary N) is 3. The van der Waals surface area contributed by atoms with Crippen LogP contribution in [0.1, 0.15) is 58.4 Å². The second-order valence-electron chi connectivity index (χ2n) is 10.2. The molecule has 0 radical (unpaired) electrons.